The molecule has 0 fully saturated rings. The molecular formula is C13H12NOP. The Hall–Kier alpha value is -1.66. The minimum absolute atomic E-state index is 0.821. The molecule has 0 saturated carbocycles. The molecule has 1 unspecified atom stereocenters. The third kappa shape index (κ3) is 2.91. The van der Waals surface area contributed by atoms with E-state index in [-0.39, 0.29) is 0 Å². The van der Waals surface area contributed by atoms with Crippen molar-refractivity contribution < 1.29 is 4.52 Å². The van der Waals surface area contributed by atoms with E-state index in [4.69, 9.17) is 4.52 Å². The molecule has 2 aromatic carbocycles. The standard InChI is InChI=1S/C13H12NOP/c16-15-13-8-6-11(7-9-13)10-14-12-4-2-1-3-5-12/h1-10H,16H2/b14-10+. The predicted molar refractivity (Wildman–Crippen MR) is 70.5 cm³/mol. The number of nitrogens with zero attached hydrogens (tertiary/aromatic N) is 1. The summed E-state index contributed by atoms with van der Waals surface area (Å²) >= 11 is 0. The topological polar surface area (TPSA) is 21.6 Å². The van der Waals surface area contributed by atoms with Gasteiger partial charge in [-0.25, -0.2) is 0 Å². The Labute approximate surface area is 97.3 Å². The van der Waals surface area contributed by atoms with Gasteiger partial charge in [0, 0.05) is 6.21 Å². The lowest BCUT2D eigenvalue weighted by Crippen LogP contribution is -1.80. The average Bonchev–Trinajstić information content (AvgIpc) is 2.38. The first-order chi connectivity index (χ1) is 7.88. The Kier molecular flexibility index (Phi) is 3.68. The van der Waals surface area contributed by atoms with E-state index in [1.165, 1.54) is 0 Å². The molecule has 1 atom stereocenters. The van der Waals surface area contributed by atoms with Crippen LogP contribution in [0.2, 0.25) is 0 Å². The second-order valence-electron chi connectivity index (χ2n) is 3.28. The minimum Gasteiger partial charge on any atom is -0.480 e. The van der Waals surface area contributed by atoms with Gasteiger partial charge in [-0.1, -0.05) is 18.2 Å². The van der Waals surface area contributed by atoms with Gasteiger partial charge in [-0.05, 0) is 42.0 Å². The van der Waals surface area contributed by atoms with Gasteiger partial charge in [-0.2, -0.15) is 0 Å². The molecule has 0 aromatic heterocycles. The first-order valence-electron chi connectivity index (χ1n) is 4.94. The molecule has 80 valence electrons. The summed E-state index contributed by atoms with van der Waals surface area (Å²) in [5.74, 6) is 0.821. The summed E-state index contributed by atoms with van der Waals surface area (Å²) in [4.78, 5) is 4.36. The highest BCUT2D eigenvalue weighted by Crippen LogP contribution is 2.14. The molecule has 2 rings (SSSR count). The number of rotatable bonds is 3. The van der Waals surface area contributed by atoms with Crippen LogP contribution >= 0.6 is 9.47 Å². The van der Waals surface area contributed by atoms with Crippen LogP contribution in [-0.4, -0.2) is 6.21 Å². The second-order valence-corrected chi connectivity index (χ2v) is 3.52. The highest BCUT2D eigenvalue weighted by atomic mass is 31.0. The SMILES string of the molecule is POc1ccc(/C=N/c2ccccc2)cc1. The molecular weight excluding hydrogens is 217 g/mol. The largest absolute Gasteiger partial charge is 0.480 e. The van der Waals surface area contributed by atoms with Gasteiger partial charge in [-0.15, -0.1) is 0 Å². The number of hydrogen-bond acceptors (Lipinski definition) is 2. The fourth-order valence-electron chi connectivity index (χ4n) is 1.30. The van der Waals surface area contributed by atoms with E-state index in [1.807, 2.05) is 60.8 Å². The smallest absolute Gasteiger partial charge is 0.122 e. The fraction of sp³-hybridized carbons (Fsp3) is 0. The maximum absolute atomic E-state index is 5.00. The number of hydrogen-bond donors (Lipinski definition) is 0. The van der Waals surface area contributed by atoms with Crippen LogP contribution in [-0.2, 0) is 0 Å². The fourth-order valence-corrected chi connectivity index (χ4v) is 1.45. The molecule has 0 heterocycles. The molecule has 2 nitrogen and oxygen atoms in total. The van der Waals surface area contributed by atoms with Crippen molar-refractivity contribution in [2.75, 3.05) is 0 Å². The molecule has 16 heavy (non-hydrogen) atoms. The maximum Gasteiger partial charge on any atom is 0.122 e. The van der Waals surface area contributed by atoms with Crippen molar-refractivity contribution in [1.82, 2.24) is 0 Å². The van der Waals surface area contributed by atoms with Crippen molar-refractivity contribution in [1.29, 1.82) is 0 Å². The number of para-hydroxylation sites is 1. The van der Waals surface area contributed by atoms with E-state index < -0.39 is 0 Å². The Morgan fingerprint density at radius 1 is 0.938 bits per heavy atom. The zero-order valence-corrected chi connectivity index (χ0v) is 9.86. The summed E-state index contributed by atoms with van der Waals surface area (Å²) in [7, 11) is 2.22. The first kappa shape index (κ1) is 10.8. The average molecular weight is 229 g/mol. The van der Waals surface area contributed by atoms with Crippen LogP contribution < -0.4 is 4.52 Å². The van der Waals surface area contributed by atoms with Crippen molar-refractivity contribution >= 4 is 21.4 Å². The van der Waals surface area contributed by atoms with Gasteiger partial charge in [0.25, 0.3) is 0 Å². The molecule has 0 radical (unpaired) electrons. The van der Waals surface area contributed by atoms with Crippen molar-refractivity contribution in [2.24, 2.45) is 4.99 Å². The van der Waals surface area contributed by atoms with Gasteiger partial charge in [0.15, 0.2) is 0 Å². The lowest BCUT2D eigenvalue weighted by atomic mass is 10.2. The van der Waals surface area contributed by atoms with Gasteiger partial charge in [0.05, 0.1) is 15.2 Å². The van der Waals surface area contributed by atoms with Crippen molar-refractivity contribution in [2.45, 2.75) is 0 Å². The maximum atomic E-state index is 5.00. The van der Waals surface area contributed by atoms with E-state index in [9.17, 15) is 0 Å². The van der Waals surface area contributed by atoms with E-state index in [2.05, 4.69) is 14.5 Å². The Balaban J connectivity index is 2.12. The van der Waals surface area contributed by atoms with Crippen LogP contribution in [0.25, 0.3) is 0 Å². The summed E-state index contributed by atoms with van der Waals surface area (Å²) < 4.78 is 5.00. The predicted octanol–water partition coefficient (Wildman–Crippen LogP) is 3.61. The number of aliphatic imine (C=N–C) groups is 1. The van der Waals surface area contributed by atoms with Crippen LogP contribution in [0.15, 0.2) is 59.6 Å². The van der Waals surface area contributed by atoms with E-state index in [0.29, 0.717) is 0 Å². The summed E-state index contributed by atoms with van der Waals surface area (Å²) in [5.41, 5.74) is 2.00. The molecule has 0 N–H and O–H groups in total. The lowest BCUT2D eigenvalue weighted by molar-refractivity contribution is 0.646. The quantitative estimate of drug-likeness (QED) is 0.582. The van der Waals surface area contributed by atoms with Crippen LogP contribution in [0, 0.1) is 0 Å². The van der Waals surface area contributed by atoms with Gasteiger partial charge < -0.3 is 4.52 Å². The summed E-state index contributed by atoms with van der Waals surface area (Å²) in [6.45, 7) is 0. The normalized spacial score (nSPS) is 10.6. The first-order valence-corrected chi connectivity index (χ1v) is 5.41. The van der Waals surface area contributed by atoms with Crippen LogP contribution in [0.1, 0.15) is 5.56 Å². The summed E-state index contributed by atoms with van der Waals surface area (Å²) in [6.07, 6.45) is 1.84. The zero-order valence-electron chi connectivity index (χ0n) is 8.71. The molecule has 0 aliphatic rings. The summed E-state index contributed by atoms with van der Waals surface area (Å²) in [5, 5.41) is 0. The van der Waals surface area contributed by atoms with Crippen LogP contribution in [0.4, 0.5) is 5.69 Å². The highest BCUT2D eigenvalue weighted by Gasteiger charge is 1.90. The lowest BCUT2D eigenvalue weighted by Gasteiger charge is -1.98. The second kappa shape index (κ2) is 5.43. The van der Waals surface area contributed by atoms with Gasteiger partial charge in [-0.3, -0.25) is 4.99 Å². The molecule has 3 heteroatoms. The van der Waals surface area contributed by atoms with Gasteiger partial charge in [0.1, 0.15) is 5.75 Å². The third-order valence-electron chi connectivity index (χ3n) is 2.14. The Bertz CT molecular complexity index is 465. The van der Waals surface area contributed by atoms with Gasteiger partial charge >= 0.3 is 0 Å². The van der Waals surface area contributed by atoms with Gasteiger partial charge in [0.2, 0.25) is 0 Å². The number of benzene rings is 2. The van der Waals surface area contributed by atoms with E-state index >= 15 is 0 Å². The third-order valence-corrected chi connectivity index (χ3v) is 2.41. The molecule has 2 aromatic rings. The highest BCUT2D eigenvalue weighted by molar-refractivity contribution is 7.10. The molecule has 0 aliphatic heterocycles. The molecule has 0 saturated heterocycles. The summed E-state index contributed by atoms with van der Waals surface area (Å²) in [6, 6.07) is 17.6. The van der Waals surface area contributed by atoms with Crippen molar-refractivity contribution in [3.05, 3.63) is 60.2 Å². The van der Waals surface area contributed by atoms with E-state index in [1.54, 1.807) is 0 Å². The van der Waals surface area contributed by atoms with Crippen molar-refractivity contribution in [3.63, 3.8) is 0 Å². The Morgan fingerprint density at radius 3 is 2.25 bits per heavy atom. The van der Waals surface area contributed by atoms with Crippen LogP contribution in [0.3, 0.4) is 0 Å². The monoisotopic (exact) mass is 229 g/mol. The Morgan fingerprint density at radius 2 is 1.62 bits per heavy atom. The minimum atomic E-state index is 0.821. The molecule has 0 aliphatic carbocycles. The molecule has 0 spiro atoms. The van der Waals surface area contributed by atoms with Crippen molar-refractivity contribution in [3.8, 4) is 5.75 Å². The van der Waals surface area contributed by atoms with Crippen LogP contribution in [0.5, 0.6) is 5.75 Å². The van der Waals surface area contributed by atoms with E-state index in [0.717, 1.165) is 17.0 Å². The molecule has 0 bridgehead atoms. The molecule has 0 amide bonds. The zero-order chi connectivity index (χ0) is 11.2.